The van der Waals surface area contributed by atoms with Crippen molar-refractivity contribution < 1.29 is 9.47 Å². The molecule has 1 N–H and O–H groups in total. The summed E-state index contributed by atoms with van der Waals surface area (Å²) in [5, 5.41) is 3.23. The molecule has 0 aliphatic rings. The van der Waals surface area contributed by atoms with Gasteiger partial charge in [-0.15, -0.1) is 0 Å². The maximum Gasteiger partial charge on any atom is 0.133 e. The molecule has 0 spiro atoms. The third-order valence-corrected chi connectivity index (χ3v) is 3.29. The van der Waals surface area contributed by atoms with Gasteiger partial charge in [0.25, 0.3) is 0 Å². The Hall–Kier alpha value is -0.580. The van der Waals surface area contributed by atoms with E-state index in [1.165, 1.54) is 5.56 Å². The molecule has 0 aliphatic heterocycles. The lowest BCUT2D eigenvalue weighted by Gasteiger charge is -2.09. The van der Waals surface area contributed by atoms with E-state index in [0.29, 0.717) is 0 Å². The lowest BCUT2D eigenvalue weighted by atomic mass is 10.1. The second kappa shape index (κ2) is 10.2. The van der Waals surface area contributed by atoms with Crippen molar-refractivity contribution in [2.24, 2.45) is 0 Å². The SMILES string of the molecule is CCCOc1ccc(CCOCCNCC)cc1Br. The van der Waals surface area contributed by atoms with E-state index in [1.54, 1.807) is 0 Å². The molecule has 108 valence electrons. The van der Waals surface area contributed by atoms with Crippen LogP contribution in [0, 0.1) is 0 Å². The van der Waals surface area contributed by atoms with Crippen molar-refractivity contribution in [2.75, 3.05) is 32.9 Å². The molecule has 19 heavy (non-hydrogen) atoms. The van der Waals surface area contributed by atoms with E-state index in [2.05, 4.69) is 47.2 Å². The highest BCUT2D eigenvalue weighted by atomic mass is 79.9. The van der Waals surface area contributed by atoms with E-state index in [1.807, 2.05) is 6.07 Å². The lowest BCUT2D eigenvalue weighted by molar-refractivity contribution is 0.139. The molecule has 3 nitrogen and oxygen atoms in total. The molecule has 0 unspecified atom stereocenters. The first-order valence-corrected chi connectivity index (χ1v) is 7.77. The molecule has 4 heteroatoms. The summed E-state index contributed by atoms with van der Waals surface area (Å²) >= 11 is 3.54. The zero-order valence-electron chi connectivity index (χ0n) is 11.9. The summed E-state index contributed by atoms with van der Waals surface area (Å²) in [6.07, 6.45) is 1.95. The Morgan fingerprint density at radius 3 is 2.68 bits per heavy atom. The number of hydrogen-bond acceptors (Lipinski definition) is 3. The smallest absolute Gasteiger partial charge is 0.133 e. The highest BCUT2D eigenvalue weighted by Crippen LogP contribution is 2.26. The first-order valence-electron chi connectivity index (χ1n) is 6.97. The van der Waals surface area contributed by atoms with Crippen molar-refractivity contribution in [2.45, 2.75) is 26.7 Å². The van der Waals surface area contributed by atoms with Crippen LogP contribution in [0.4, 0.5) is 0 Å². The van der Waals surface area contributed by atoms with Gasteiger partial charge in [0.1, 0.15) is 5.75 Å². The van der Waals surface area contributed by atoms with Crippen LogP contribution in [0.25, 0.3) is 0 Å². The Kier molecular flexibility index (Phi) is 8.88. The Bertz CT molecular complexity index is 358. The highest BCUT2D eigenvalue weighted by Gasteiger charge is 2.02. The fourth-order valence-corrected chi connectivity index (χ4v) is 2.18. The molecule has 0 heterocycles. The second-order valence-corrected chi connectivity index (χ2v) is 5.18. The predicted octanol–water partition coefficient (Wildman–Crippen LogP) is 3.41. The Morgan fingerprint density at radius 1 is 1.16 bits per heavy atom. The van der Waals surface area contributed by atoms with Gasteiger partial charge >= 0.3 is 0 Å². The summed E-state index contributed by atoms with van der Waals surface area (Å²) in [7, 11) is 0. The van der Waals surface area contributed by atoms with Gasteiger partial charge in [-0.1, -0.05) is 19.9 Å². The number of benzene rings is 1. The molecule has 1 aromatic rings. The van der Waals surface area contributed by atoms with Crippen molar-refractivity contribution >= 4 is 15.9 Å². The predicted molar refractivity (Wildman–Crippen MR) is 83.0 cm³/mol. The lowest BCUT2D eigenvalue weighted by Crippen LogP contribution is -2.19. The molecule has 0 aliphatic carbocycles. The Morgan fingerprint density at radius 2 is 2.00 bits per heavy atom. The standard InChI is InChI=1S/C15H24BrNO2/c1-3-9-19-15-6-5-13(12-14(15)16)7-10-18-11-8-17-4-2/h5-6,12,17H,3-4,7-11H2,1-2H3. The molecule has 0 saturated heterocycles. The highest BCUT2D eigenvalue weighted by molar-refractivity contribution is 9.10. The Balaban J connectivity index is 2.29. The van der Waals surface area contributed by atoms with E-state index in [9.17, 15) is 0 Å². The fraction of sp³-hybridized carbons (Fsp3) is 0.600. The van der Waals surface area contributed by atoms with Crippen molar-refractivity contribution in [3.05, 3.63) is 28.2 Å². The molecule has 0 amide bonds. The summed E-state index contributed by atoms with van der Waals surface area (Å²) in [5.41, 5.74) is 1.26. The summed E-state index contributed by atoms with van der Waals surface area (Å²) < 4.78 is 12.2. The number of hydrogen-bond donors (Lipinski definition) is 1. The van der Waals surface area contributed by atoms with Gasteiger partial charge in [-0.05, 0) is 53.0 Å². The van der Waals surface area contributed by atoms with Gasteiger partial charge in [-0.2, -0.15) is 0 Å². The average Bonchev–Trinajstić information content (AvgIpc) is 2.42. The van der Waals surface area contributed by atoms with E-state index in [-0.39, 0.29) is 0 Å². The van der Waals surface area contributed by atoms with E-state index in [0.717, 1.165) is 56.0 Å². The molecular weight excluding hydrogens is 306 g/mol. The first-order chi connectivity index (χ1) is 9.27. The van der Waals surface area contributed by atoms with Gasteiger partial charge < -0.3 is 14.8 Å². The molecule has 0 radical (unpaired) electrons. The van der Waals surface area contributed by atoms with Crippen LogP contribution < -0.4 is 10.1 Å². The summed E-state index contributed by atoms with van der Waals surface area (Å²) in [6.45, 7) is 8.40. The van der Waals surface area contributed by atoms with Crippen molar-refractivity contribution in [3.8, 4) is 5.75 Å². The number of nitrogens with one attached hydrogen (secondary N) is 1. The van der Waals surface area contributed by atoms with Crippen LogP contribution in [0.5, 0.6) is 5.75 Å². The van der Waals surface area contributed by atoms with Gasteiger partial charge in [0.05, 0.1) is 24.3 Å². The van der Waals surface area contributed by atoms with Crippen LogP contribution in [0.3, 0.4) is 0 Å². The molecule has 1 aromatic carbocycles. The minimum Gasteiger partial charge on any atom is -0.492 e. The first kappa shape index (κ1) is 16.5. The molecule has 0 saturated carbocycles. The van der Waals surface area contributed by atoms with Crippen molar-refractivity contribution in [1.29, 1.82) is 0 Å². The van der Waals surface area contributed by atoms with Crippen LogP contribution in [0.1, 0.15) is 25.8 Å². The van der Waals surface area contributed by atoms with Gasteiger partial charge in [0, 0.05) is 6.54 Å². The topological polar surface area (TPSA) is 30.5 Å². The van der Waals surface area contributed by atoms with Crippen LogP contribution >= 0.6 is 15.9 Å². The minimum atomic E-state index is 0.755. The van der Waals surface area contributed by atoms with Crippen LogP contribution in [0.15, 0.2) is 22.7 Å². The quantitative estimate of drug-likeness (QED) is 0.667. The number of halogens is 1. The van der Waals surface area contributed by atoms with E-state index >= 15 is 0 Å². The number of ether oxygens (including phenoxy) is 2. The zero-order valence-corrected chi connectivity index (χ0v) is 13.5. The van der Waals surface area contributed by atoms with Crippen LogP contribution in [-0.4, -0.2) is 32.9 Å². The fourth-order valence-electron chi connectivity index (χ4n) is 1.64. The number of likely N-dealkylation sites (N-methyl/N-ethyl adjacent to an activating group) is 1. The van der Waals surface area contributed by atoms with Crippen LogP contribution in [-0.2, 0) is 11.2 Å². The van der Waals surface area contributed by atoms with Gasteiger partial charge in [0.2, 0.25) is 0 Å². The van der Waals surface area contributed by atoms with Crippen molar-refractivity contribution in [1.82, 2.24) is 5.32 Å². The molecule has 0 bridgehead atoms. The molecular formula is C15H24BrNO2. The summed E-state index contributed by atoms with van der Waals surface area (Å²) in [4.78, 5) is 0. The van der Waals surface area contributed by atoms with Gasteiger partial charge in [-0.3, -0.25) is 0 Å². The summed E-state index contributed by atoms with van der Waals surface area (Å²) in [5.74, 6) is 0.915. The third kappa shape index (κ3) is 6.95. The Labute approximate surface area is 124 Å². The normalized spacial score (nSPS) is 10.7. The second-order valence-electron chi connectivity index (χ2n) is 4.33. The average molecular weight is 330 g/mol. The maximum absolute atomic E-state index is 5.62. The van der Waals surface area contributed by atoms with Crippen molar-refractivity contribution in [3.63, 3.8) is 0 Å². The van der Waals surface area contributed by atoms with Gasteiger partial charge in [0.15, 0.2) is 0 Å². The maximum atomic E-state index is 5.62. The van der Waals surface area contributed by atoms with Crippen LogP contribution in [0.2, 0.25) is 0 Å². The largest absolute Gasteiger partial charge is 0.492 e. The third-order valence-electron chi connectivity index (χ3n) is 2.67. The monoisotopic (exact) mass is 329 g/mol. The molecule has 0 fully saturated rings. The zero-order chi connectivity index (χ0) is 13.9. The molecule has 0 atom stereocenters. The van der Waals surface area contributed by atoms with Gasteiger partial charge in [-0.25, -0.2) is 0 Å². The number of rotatable bonds is 10. The van der Waals surface area contributed by atoms with E-state index < -0.39 is 0 Å². The minimum absolute atomic E-state index is 0.755. The molecule has 1 rings (SSSR count). The molecule has 0 aromatic heterocycles. The van der Waals surface area contributed by atoms with E-state index in [4.69, 9.17) is 9.47 Å². The summed E-state index contributed by atoms with van der Waals surface area (Å²) in [6, 6.07) is 6.23.